The molecule has 0 aliphatic heterocycles. The summed E-state index contributed by atoms with van der Waals surface area (Å²) in [4.78, 5) is 18.3. The van der Waals surface area contributed by atoms with E-state index >= 15 is 0 Å². The normalized spacial score (nSPS) is 14.7. The van der Waals surface area contributed by atoms with Crippen LogP contribution in [0.15, 0.2) is 30.7 Å². The molecule has 0 atom stereocenters. The summed E-state index contributed by atoms with van der Waals surface area (Å²) in [5, 5.41) is 16.1. The topological polar surface area (TPSA) is 110 Å². The first-order valence-corrected chi connectivity index (χ1v) is 10.0. The van der Waals surface area contributed by atoms with E-state index in [0.29, 0.717) is 24.7 Å². The second-order valence-electron chi connectivity index (χ2n) is 7.44. The minimum Gasteiger partial charge on any atom is -0.369 e. The van der Waals surface area contributed by atoms with Crippen molar-refractivity contribution in [1.82, 2.24) is 39.9 Å². The number of H-pyrrole nitrogens is 1. The summed E-state index contributed by atoms with van der Waals surface area (Å²) in [7, 11) is 1.92. The van der Waals surface area contributed by atoms with Crippen molar-refractivity contribution < 1.29 is 0 Å². The smallest absolute Gasteiger partial charge is 0.182 e. The third kappa shape index (κ3) is 3.55. The number of hydrogen-bond donors (Lipinski definition) is 2. The van der Waals surface area contributed by atoms with Gasteiger partial charge in [-0.1, -0.05) is 12.8 Å². The van der Waals surface area contributed by atoms with Gasteiger partial charge in [0, 0.05) is 43.9 Å². The second-order valence-corrected chi connectivity index (χ2v) is 7.44. The molecule has 0 bridgehead atoms. The van der Waals surface area contributed by atoms with E-state index in [-0.39, 0.29) is 0 Å². The lowest BCUT2D eigenvalue weighted by molar-refractivity contribution is 0.667. The fourth-order valence-electron chi connectivity index (χ4n) is 3.87. The quantitative estimate of drug-likeness (QED) is 0.522. The molecule has 1 fully saturated rings. The van der Waals surface area contributed by atoms with Crippen molar-refractivity contribution in [2.75, 3.05) is 11.9 Å². The van der Waals surface area contributed by atoms with Crippen LogP contribution < -0.4 is 5.32 Å². The molecule has 1 aliphatic rings. The molecule has 4 aromatic heterocycles. The zero-order valence-electron chi connectivity index (χ0n) is 16.3. The van der Waals surface area contributed by atoms with Crippen LogP contribution in [0.1, 0.15) is 43.3 Å². The molecule has 0 saturated heterocycles. The van der Waals surface area contributed by atoms with E-state index in [1.54, 1.807) is 12.4 Å². The van der Waals surface area contributed by atoms with Crippen LogP contribution in [0.5, 0.6) is 0 Å². The highest BCUT2D eigenvalue weighted by Gasteiger charge is 2.22. The van der Waals surface area contributed by atoms with Crippen LogP contribution in [0.2, 0.25) is 0 Å². The molecule has 5 rings (SSSR count). The Morgan fingerprint density at radius 1 is 1.17 bits per heavy atom. The van der Waals surface area contributed by atoms with Gasteiger partial charge in [0.15, 0.2) is 11.5 Å². The zero-order valence-corrected chi connectivity index (χ0v) is 16.3. The molecule has 0 aromatic carbocycles. The van der Waals surface area contributed by atoms with Crippen LogP contribution in [0, 0.1) is 0 Å². The number of aryl methyl sites for hydroxylation is 1. The lowest BCUT2D eigenvalue weighted by Gasteiger charge is -2.12. The summed E-state index contributed by atoms with van der Waals surface area (Å²) < 4.78 is 1.82. The van der Waals surface area contributed by atoms with Crippen molar-refractivity contribution in [3.05, 3.63) is 42.4 Å². The first-order valence-electron chi connectivity index (χ1n) is 10.0. The molecule has 4 aromatic rings. The van der Waals surface area contributed by atoms with Gasteiger partial charge in [0.1, 0.15) is 17.5 Å². The van der Waals surface area contributed by atoms with Crippen LogP contribution in [0.3, 0.4) is 0 Å². The summed E-state index contributed by atoms with van der Waals surface area (Å²) >= 11 is 0. The van der Waals surface area contributed by atoms with Crippen molar-refractivity contribution in [3.8, 4) is 11.4 Å². The van der Waals surface area contributed by atoms with Crippen LogP contribution in [0.4, 0.5) is 5.82 Å². The Balaban J connectivity index is 1.32. The van der Waals surface area contributed by atoms with Crippen molar-refractivity contribution in [3.63, 3.8) is 0 Å². The number of anilines is 1. The lowest BCUT2D eigenvalue weighted by atomic mass is 10.1. The Kier molecular flexibility index (Phi) is 4.63. The lowest BCUT2D eigenvalue weighted by Crippen LogP contribution is -2.11. The van der Waals surface area contributed by atoms with E-state index < -0.39 is 0 Å². The van der Waals surface area contributed by atoms with Gasteiger partial charge in [0.2, 0.25) is 0 Å². The monoisotopic (exact) mass is 389 g/mol. The molecule has 1 aliphatic carbocycles. The molecule has 29 heavy (non-hydrogen) atoms. The largest absolute Gasteiger partial charge is 0.369 e. The molecule has 0 radical (unpaired) electrons. The Morgan fingerprint density at radius 3 is 2.90 bits per heavy atom. The van der Waals surface area contributed by atoms with E-state index in [2.05, 4.69) is 30.6 Å². The van der Waals surface area contributed by atoms with E-state index in [1.165, 1.54) is 12.8 Å². The van der Waals surface area contributed by atoms with Gasteiger partial charge in [-0.2, -0.15) is 10.2 Å². The number of nitrogens with one attached hydrogen (secondary N) is 2. The van der Waals surface area contributed by atoms with E-state index in [9.17, 15) is 0 Å². The van der Waals surface area contributed by atoms with Crippen molar-refractivity contribution in [1.29, 1.82) is 0 Å². The minimum atomic E-state index is 0.450. The summed E-state index contributed by atoms with van der Waals surface area (Å²) in [5.74, 6) is 3.71. The average molecular weight is 389 g/mol. The molecule has 148 valence electrons. The highest BCUT2D eigenvalue weighted by Crippen LogP contribution is 2.34. The van der Waals surface area contributed by atoms with Crippen LogP contribution in [-0.4, -0.2) is 46.5 Å². The van der Waals surface area contributed by atoms with Gasteiger partial charge in [-0.15, -0.1) is 0 Å². The number of fused-ring (bicyclic) bond motifs is 1. The van der Waals surface area contributed by atoms with E-state index in [1.807, 2.05) is 30.1 Å². The maximum Gasteiger partial charge on any atom is 0.182 e. The van der Waals surface area contributed by atoms with Crippen molar-refractivity contribution >= 4 is 16.9 Å². The van der Waals surface area contributed by atoms with Crippen LogP contribution in [-0.2, 0) is 13.5 Å². The number of nitrogens with zero attached hydrogens (tertiary/aromatic N) is 7. The summed E-state index contributed by atoms with van der Waals surface area (Å²) in [5.41, 5.74) is 1.78. The third-order valence-electron chi connectivity index (χ3n) is 5.44. The van der Waals surface area contributed by atoms with Crippen molar-refractivity contribution in [2.45, 2.75) is 38.0 Å². The van der Waals surface area contributed by atoms with Gasteiger partial charge in [0.25, 0.3) is 0 Å². The van der Waals surface area contributed by atoms with Gasteiger partial charge in [-0.3, -0.25) is 14.8 Å². The Morgan fingerprint density at radius 2 is 2.07 bits per heavy atom. The highest BCUT2D eigenvalue weighted by molar-refractivity contribution is 5.86. The molecule has 9 nitrogen and oxygen atoms in total. The summed E-state index contributed by atoms with van der Waals surface area (Å²) in [6.45, 7) is 0.687. The van der Waals surface area contributed by atoms with Gasteiger partial charge >= 0.3 is 0 Å². The highest BCUT2D eigenvalue weighted by atomic mass is 15.3. The molecule has 0 spiro atoms. The first-order chi connectivity index (χ1) is 14.3. The maximum absolute atomic E-state index is 4.85. The Hall–Kier alpha value is -3.36. The summed E-state index contributed by atoms with van der Waals surface area (Å²) in [6.07, 6.45) is 10.9. The fourth-order valence-corrected chi connectivity index (χ4v) is 3.87. The fraction of sp³-hybridized carbons (Fsp3) is 0.400. The van der Waals surface area contributed by atoms with Crippen LogP contribution in [0.25, 0.3) is 22.4 Å². The predicted molar refractivity (Wildman–Crippen MR) is 109 cm³/mol. The van der Waals surface area contributed by atoms with E-state index in [0.717, 1.165) is 46.9 Å². The van der Waals surface area contributed by atoms with Gasteiger partial charge in [0.05, 0.1) is 11.6 Å². The number of hydrogen-bond acceptors (Lipinski definition) is 7. The Bertz CT molecular complexity index is 1110. The van der Waals surface area contributed by atoms with Gasteiger partial charge < -0.3 is 5.32 Å². The van der Waals surface area contributed by atoms with E-state index in [4.69, 9.17) is 9.97 Å². The SMILES string of the molecule is Cn1ncc2c(NCCc3nc(-c4cccnc4)n[nH]3)nc(C3CCCC3)nc21. The molecule has 0 unspecified atom stereocenters. The van der Waals surface area contributed by atoms with Crippen LogP contribution >= 0.6 is 0 Å². The molecule has 2 N–H and O–H groups in total. The number of rotatable bonds is 6. The molecule has 0 amide bonds. The summed E-state index contributed by atoms with van der Waals surface area (Å²) in [6, 6.07) is 3.83. The molecular weight excluding hydrogens is 366 g/mol. The minimum absolute atomic E-state index is 0.450. The standard InChI is InChI=1S/C20H23N9/c1-29-20-15(12-23-29)19(25-17(26-20)13-5-2-3-6-13)22-10-8-16-24-18(28-27-16)14-7-4-9-21-11-14/h4,7,9,11-13H,2-3,5-6,8,10H2,1H3,(H,22,25,26)(H,24,27,28). The van der Waals surface area contributed by atoms with Crippen molar-refractivity contribution in [2.24, 2.45) is 7.05 Å². The molecular formula is C20H23N9. The second kappa shape index (κ2) is 7.57. The number of aromatic amines is 1. The number of aromatic nitrogens is 8. The molecule has 4 heterocycles. The predicted octanol–water partition coefficient (Wildman–Crippen LogP) is 2.86. The molecule has 9 heteroatoms. The van der Waals surface area contributed by atoms with Gasteiger partial charge in [-0.25, -0.2) is 15.0 Å². The Labute approximate surface area is 168 Å². The molecule has 1 saturated carbocycles. The average Bonchev–Trinajstić information content (AvgIpc) is 3.50. The third-order valence-corrected chi connectivity index (χ3v) is 5.44. The maximum atomic E-state index is 4.85. The number of pyridine rings is 1. The zero-order chi connectivity index (χ0) is 19.6. The first kappa shape index (κ1) is 17.7. The van der Waals surface area contributed by atoms with Gasteiger partial charge in [-0.05, 0) is 25.0 Å².